The summed E-state index contributed by atoms with van der Waals surface area (Å²) in [5, 5.41) is 0. The molecule has 0 N–H and O–H groups in total. The van der Waals surface area contributed by atoms with E-state index in [1.807, 2.05) is 0 Å². The zero-order valence-corrected chi connectivity index (χ0v) is 112. The van der Waals surface area contributed by atoms with Crippen LogP contribution >= 0.6 is 33.0 Å². The molecule has 0 saturated heterocycles. The Hall–Kier alpha value is 6.47. The molecule has 0 aromatic rings. The summed E-state index contributed by atoms with van der Waals surface area (Å²) in [6.07, 6.45) is 70.8. The smallest absolute Gasteiger partial charge is 0.276 e. The largest absolute Gasteiger partial charge is 0.598 e. The van der Waals surface area contributed by atoms with Gasteiger partial charge in [0.05, 0.1) is 0 Å². The van der Waals surface area contributed by atoms with E-state index >= 15 is 0 Å². The van der Waals surface area contributed by atoms with Crippen LogP contribution in [0, 0.1) is 0 Å². The Balaban J connectivity index is -0.0000000973. The van der Waals surface area contributed by atoms with Gasteiger partial charge in [-0.25, -0.2) is 0 Å². The third kappa shape index (κ3) is 187. The van der Waals surface area contributed by atoms with Crippen molar-refractivity contribution in [1.29, 1.82) is 0 Å². The topological polar surface area (TPSA) is 253 Å². The van der Waals surface area contributed by atoms with Crippen LogP contribution in [0.15, 0.2) is 0 Å². The Morgan fingerprint density at radius 1 is 0.124 bits per heavy atom. The van der Waals surface area contributed by atoms with Crippen LogP contribution in [0.5, 0.6) is 0 Å². The molecule has 0 fully saturated rings. The second-order valence-electron chi connectivity index (χ2n) is 33.4. The van der Waals surface area contributed by atoms with E-state index in [1.54, 1.807) is 106 Å². The predicted octanol–water partition coefficient (Wildman–Crippen LogP) is 33.1. The van der Waals surface area contributed by atoms with Crippen LogP contribution in [0.3, 0.4) is 0 Å². The summed E-state index contributed by atoms with van der Waals surface area (Å²) < 4.78 is 74.2. The Kier molecular flexibility index (Phi) is 195. The van der Waals surface area contributed by atoms with E-state index in [1.165, 1.54) is 308 Å². The van der Waals surface area contributed by atoms with Gasteiger partial charge in [-0.05, 0) is 0 Å². The Morgan fingerprint density at radius 3 is 0.182 bits per heavy atom. The maximum absolute atomic E-state index is 8.48. The Morgan fingerprint density at radius 2 is 0.157 bits per heavy atom. The van der Waals surface area contributed by atoms with E-state index in [4.69, 9.17) is 57.4 Å². The molecule has 0 aromatic heterocycles. The van der Waals surface area contributed by atoms with Crippen molar-refractivity contribution in [1.82, 2.24) is 0 Å². The van der Waals surface area contributed by atoms with Crippen LogP contribution in [0.1, 0.15) is 482 Å². The molecule has 0 rings (SSSR count). The quantitative estimate of drug-likeness (QED) is 0.0407. The summed E-state index contributed by atoms with van der Waals surface area (Å²) in [5.74, 6) is 0. The minimum absolute atomic E-state index is 0. The van der Waals surface area contributed by atoms with Crippen molar-refractivity contribution in [3.63, 3.8) is 0 Å². The van der Waals surface area contributed by atoms with Gasteiger partial charge in [0.25, 0.3) is 33.0 Å². The van der Waals surface area contributed by atoms with Gasteiger partial charge in [-0.3, -0.25) is 0 Å². The SMILES string of the molecule is C.CCC[CH2][Sn+]([CH2]CCC)[CH2]CCC.CCC[CH2][Sn+]([CH2]CCC)[CH2]CCC.CCC[CH2][Sn+]([CH2]CCC)[CH2]CCC.CCC[CH2][Sn+]([CH2]CCC)[CH2]CCC.CCC[CH2][Sn+]([CH2]CCC)[CH2]CCC.CCC[CH2][Sn+]([CH2]CCC)[CH2]CCC.CCC[CH2][Sn+]([CH2]CCC)[CH2]CCC.CCC[CH2][Sn+]([CH2]CCC)[CH2]CCC.O=[P+]([O-])[O-].O=[P+]([O-])[O-].O=[P+]([O-])[O-].O=[P+]([O-])[O-]. The van der Waals surface area contributed by atoms with E-state index in [-0.39, 0.29) is 7.43 Å². The molecular weight excluding hydrogens is 2430 g/mol. The molecule has 24 heteroatoms. The summed E-state index contributed by atoms with van der Waals surface area (Å²) >= 11 is -6.71. The molecule has 0 aliphatic carbocycles. The van der Waals surface area contributed by atoms with E-state index in [9.17, 15) is 0 Å². The van der Waals surface area contributed by atoms with Crippen LogP contribution in [-0.2, 0) is 18.3 Å². The van der Waals surface area contributed by atoms with Crippen molar-refractivity contribution < 1.29 is 57.4 Å². The minimum atomic E-state index is -3.37. The summed E-state index contributed by atoms with van der Waals surface area (Å²) in [5.41, 5.74) is 0. The first-order valence-electron chi connectivity index (χ1n) is 51.6. The van der Waals surface area contributed by atoms with E-state index in [0.717, 1.165) is 0 Å². The summed E-state index contributed by atoms with van der Waals surface area (Å²) in [4.78, 5) is 67.9. The van der Waals surface area contributed by atoms with Crippen LogP contribution in [-0.4, -0.2) is 158 Å². The van der Waals surface area contributed by atoms with Crippen molar-refractivity contribution in [3.8, 4) is 0 Å². The molecule has 0 bridgehead atoms. The van der Waals surface area contributed by atoms with E-state index in [0.29, 0.717) is 0 Å². The Labute approximate surface area is 826 Å². The van der Waals surface area contributed by atoms with Crippen LogP contribution in [0.25, 0.3) is 0 Å². The van der Waals surface area contributed by atoms with Crippen molar-refractivity contribution in [2.24, 2.45) is 0 Å². The zero-order valence-electron chi connectivity index (χ0n) is 85.6. The van der Waals surface area contributed by atoms with Gasteiger partial charge >= 0.3 is 739 Å². The molecule has 0 amide bonds. The third-order valence-corrected chi connectivity index (χ3v) is 93.9. The molecular formula is C97H220O12P4Sn8+4. The number of hydrogen-bond donors (Lipinski definition) is 0. The normalized spacial score (nSPS) is 9.79. The Bertz CT molecular complexity index is 1260. The van der Waals surface area contributed by atoms with Gasteiger partial charge in [0, 0.05) is 0 Å². The van der Waals surface area contributed by atoms with Crippen LogP contribution in [0.4, 0.5) is 0 Å². The molecule has 0 heterocycles. The van der Waals surface area contributed by atoms with Gasteiger partial charge < -0.3 is 39.1 Å². The first-order chi connectivity index (χ1) is 57.7. The maximum atomic E-state index is 8.48. The van der Waals surface area contributed by atoms with E-state index in [2.05, 4.69) is 166 Å². The van der Waals surface area contributed by atoms with Gasteiger partial charge in [0.2, 0.25) is 0 Å². The fraction of sp³-hybridized carbons (Fsp3) is 1.00. The first-order valence-corrected chi connectivity index (χ1v) is 104. The molecule has 0 aromatic carbocycles. The molecule has 12 nitrogen and oxygen atoms in total. The van der Waals surface area contributed by atoms with Crippen molar-refractivity contribution in [2.45, 2.75) is 588 Å². The molecule has 0 atom stereocenters. The molecule has 0 saturated carbocycles. The molecule has 0 aliphatic rings. The van der Waals surface area contributed by atoms with Crippen LogP contribution in [0.2, 0.25) is 106 Å². The number of unbranched alkanes of at least 4 members (excludes halogenated alkanes) is 24. The summed E-state index contributed by atoms with van der Waals surface area (Å²) in [6.45, 7) is 56.0. The average Bonchev–Trinajstić information content (AvgIpc) is 1.07. The first kappa shape index (κ1) is 156. The van der Waals surface area contributed by atoms with Gasteiger partial charge in [-0.2, -0.15) is 0 Å². The molecule has 0 radical (unpaired) electrons. The fourth-order valence-corrected chi connectivity index (χ4v) is 88.8. The van der Waals surface area contributed by atoms with Gasteiger partial charge in [-0.15, -0.1) is 0 Å². The minimum Gasteiger partial charge on any atom is -0.598 e. The van der Waals surface area contributed by atoms with Crippen molar-refractivity contribution in [3.05, 3.63) is 0 Å². The molecule has 0 unspecified atom stereocenters. The predicted molar refractivity (Wildman–Crippen MR) is 556 cm³/mol. The van der Waals surface area contributed by atoms with Gasteiger partial charge in [0.15, 0.2) is 0 Å². The van der Waals surface area contributed by atoms with Crippen LogP contribution < -0.4 is 39.1 Å². The summed E-state index contributed by atoms with van der Waals surface area (Å²) in [7, 11) is -13.5. The van der Waals surface area contributed by atoms with Crippen molar-refractivity contribution >= 4 is 191 Å². The summed E-state index contributed by atoms with van der Waals surface area (Å²) in [6, 6.07) is 0. The molecule has 121 heavy (non-hydrogen) atoms. The number of rotatable bonds is 72. The zero-order chi connectivity index (χ0) is 93.8. The van der Waals surface area contributed by atoms with Gasteiger partial charge in [-0.1, -0.05) is 25.7 Å². The van der Waals surface area contributed by atoms with Gasteiger partial charge in [0.1, 0.15) is 0 Å². The fourth-order valence-electron chi connectivity index (χ4n) is 13.2. The molecule has 0 aliphatic heterocycles. The number of hydrogen-bond acceptors (Lipinski definition) is 12. The monoisotopic (exact) mass is 2660 g/mol. The second-order valence-corrected chi connectivity index (χ2v) is 104. The standard InChI is InChI=1S/24C4H9.CH4.4HO3P.8Sn/c24*1-3-4-2;;4*1-4(2)3;;;;;;;;/h24*1,3-4H2,2H3;1H4;4*(H,1,2,3);;;;;;;;/q;;;;;;;;;;;;;;;;;;;;;;;;;;;;;8*+1/p-4. The average molecular weight is 2650 g/mol. The molecule has 728 valence electrons. The molecule has 0 spiro atoms. The van der Waals surface area contributed by atoms with Crippen molar-refractivity contribution in [2.75, 3.05) is 0 Å². The van der Waals surface area contributed by atoms with E-state index < -0.39 is 191 Å². The maximum Gasteiger partial charge on any atom is 0.276 e. The third-order valence-electron chi connectivity index (χ3n) is 21.2. The second kappa shape index (κ2) is 152.